The van der Waals surface area contributed by atoms with E-state index in [1.165, 1.54) is 28.9 Å². The number of nitrogens with zero attached hydrogens (tertiary/aromatic N) is 2. The van der Waals surface area contributed by atoms with Crippen molar-refractivity contribution in [3.8, 4) is 0 Å². The van der Waals surface area contributed by atoms with Gasteiger partial charge in [0, 0.05) is 18.5 Å². The van der Waals surface area contributed by atoms with Crippen LogP contribution in [0.25, 0.3) is 0 Å². The molecule has 0 spiro atoms. The number of carbonyl (C=O) groups is 1. The third-order valence-electron chi connectivity index (χ3n) is 4.39. The molecule has 5 heteroatoms. The SMILES string of the molecule is Cc1cccc(C2CCCCCN2C(=O)c2csc(CN)n2)c1. The molecule has 1 atom stereocenters. The number of likely N-dealkylation sites (tertiary alicyclic amines) is 1. The molecule has 2 aromatic rings. The molecule has 0 bridgehead atoms. The molecule has 3 rings (SSSR count). The number of benzene rings is 1. The van der Waals surface area contributed by atoms with Crippen molar-refractivity contribution in [2.24, 2.45) is 5.73 Å². The van der Waals surface area contributed by atoms with E-state index in [1.54, 1.807) is 0 Å². The van der Waals surface area contributed by atoms with Crippen LogP contribution in [0, 0.1) is 6.92 Å². The summed E-state index contributed by atoms with van der Waals surface area (Å²) in [6.07, 6.45) is 4.41. The molecule has 23 heavy (non-hydrogen) atoms. The number of nitrogens with two attached hydrogens (primary N) is 1. The van der Waals surface area contributed by atoms with Gasteiger partial charge in [-0.1, -0.05) is 42.7 Å². The predicted molar refractivity (Wildman–Crippen MR) is 93.4 cm³/mol. The fraction of sp³-hybridized carbons (Fsp3) is 0.444. The first-order valence-corrected chi connectivity index (χ1v) is 9.09. The Labute approximate surface area is 141 Å². The van der Waals surface area contributed by atoms with Gasteiger partial charge >= 0.3 is 0 Å². The molecule has 2 heterocycles. The average Bonchev–Trinajstić information content (AvgIpc) is 2.91. The smallest absolute Gasteiger partial charge is 0.273 e. The first kappa shape index (κ1) is 16.1. The number of hydrogen-bond donors (Lipinski definition) is 1. The lowest BCUT2D eigenvalue weighted by Crippen LogP contribution is -2.35. The fourth-order valence-corrected chi connectivity index (χ4v) is 3.87. The Morgan fingerprint density at radius 2 is 2.26 bits per heavy atom. The maximum absolute atomic E-state index is 13.0. The van der Waals surface area contributed by atoms with E-state index >= 15 is 0 Å². The lowest BCUT2D eigenvalue weighted by Gasteiger charge is -2.30. The van der Waals surface area contributed by atoms with Gasteiger partial charge in [-0.2, -0.15) is 0 Å². The van der Waals surface area contributed by atoms with E-state index in [1.807, 2.05) is 10.3 Å². The number of thiazole rings is 1. The highest BCUT2D eigenvalue weighted by atomic mass is 32.1. The van der Waals surface area contributed by atoms with Gasteiger partial charge in [-0.25, -0.2) is 4.98 Å². The molecule has 1 amide bonds. The van der Waals surface area contributed by atoms with Gasteiger partial charge in [0.25, 0.3) is 5.91 Å². The molecule has 0 aliphatic carbocycles. The van der Waals surface area contributed by atoms with Gasteiger partial charge in [0.05, 0.1) is 6.04 Å². The molecule has 1 aromatic heterocycles. The second-order valence-electron chi connectivity index (χ2n) is 6.11. The molecular weight excluding hydrogens is 306 g/mol. The van der Waals surface area contributed by atoms with Gasteiger partial charge in [0.1, 0.15) is 10.7 Å². The molecular formula is C18H23N3OS. The van der Waals surface area contributed by atoms with Crippen molar-refractivity contribution in [2.75, 3.05) is 6.54 Å². The van der Waals surface area contributed by atoms with E-state index in [0.717, 1.165) is 30.8 Å². The largest absolute Gasteiger partial charge is 0.330 e. The van der Waals surface area contributed by atoms with Gasteiger partial charge in [0.15, 0.2) is 0 Å². The van der Waals surface area contributed by atoms with Crippen LogP contribution in [-0.2, 0) is 6.54 Å². The zero-order valence-corrected chi connectivity index (χ0v) is 14.3. The van der Waals surface area contributed by atoms with Gasteiger partial charge < -0.3 is 10.6 Å². The molecule has 2 N–H and O–H groups in total. The summed E-state index contributed by atoms with van der Waals surface area (Å²) in [5.41, 5.74) is 8.63. The fourth-order valence-electron chi connectivity index (χ4n) is 3.23. The maximum atomic E-state index is 13.0. The molecule has 1 fully saturated rings. The Bertz CT molecular complexity index is 682. The number of amides is 1. The second kappa shape index (κ2) is 7.23. The minimum Gasteiger partial charge on any atom is -0.330 e. The molecule has 0 saturated carbocycles. The molecule has 0 radical (unpaired) electrons. The topological polar surface area (TPSA) is 59.2 Å². The average molecular weight is 329 g/mol. The first-order valence-electron chi connectivity index (χ1n) is 8.21. The monoisotopic (exact) mass is 329 g/mol. The lowest BCUT2D eigenvalue weighted by molar-refractivity contribution is 0.0675. The third-order valence-corrected chi connectivity index (χ3v) is 5.26. The Balaban J connectivity index is 1.90. The van der Waals surface area contributed by atoms with E-state index in [9.17, 15) is 4.79 Å². The van der Waals surface area contributed by atoms with Gasteiger partial charge in [-0.05, 0) is 25.3 Å². The standard InChI is InChI=1S/C18H23N3OS/c1-13-6-5-7-14(10-13)16-8-3-2-4-9-21(16)18(22)15-12-23-17(11-19)20-15/h5-7,10,12,16H,2-4,8-9,11,19H2,1H3. The summed E-state index contributed by atoms with van der Waals surface area (Å²) in [6.45, 7) is 3.28. The van der Waals surface area contributed by atoms with Crippen molar-refractivity contribution in [3.63, 3.8) is 0 Å². The quantitative estimate of drug-likeness (QED) is 0.934. The number of aromatic nitrogens is 1. The van der Waals surface area contributed by atoms with Crippen LogP contribution in [0.2, 0.25) is 0 Å². The van der Waals surface area contributed by atoms with E-state index < -0.39 is 0 Å². The van der Waals surface area contributed by atoms with Gasteiger partial charge in [0.2, 0.25) is 0 Å². The molecule has 1 aromatic carbocycles. The normalized spacial score (nSPS) is 18.7. The molecule has 1 saturated heterocycles. The Kier molecular flexibility index (Phi) is 5.08. The van der Waals surface area contributed by atoms with Crippen molar-refractivity contribution in [2.45, 2.75) is 45.2 Å². The lowest BCUT2D eigenvalue weighted by atomic mass is 9.99. The van der Waals surface area contributed by atoms with Crippen LogP contribution in [0.15, 0.2) is 29.6 Å². The Morgan fingerprint density at radius 1 is 1.39 bits per heavy atom. The third kappa shape index (κ3) is 3.62. The van der Waals surface area contributed by atoms with E-state index in [2.05, 4.69) is 36.2 Å². The summed E-state index contributed by atoms with van der Waals surface area (Å²) in [6, 6.07) is 8.65. The van der Waals surface area contributed by atoms with Crippen LogP contribution in [0.4, 0.5) is 0 Å². The van der Waals surface area contributed by atoms with Crippen molar-refractivity contribution in [1.82, 2.24) is 9.88 Å². The van der Waals surface area contributed by atoms with E-state index in [4.69, 9.17) is 5.73 Å². The van der Waals surface area contributed by atoms with Crippen LogP contribution in [0.3, 0.4) is 0 Å². The number of hydrogen-bond acceptors (Lipinski definition) is 4. The summed E-state index contributed by atoms with van der Waals surface area (Å²) in [5.74, 6) is 0.0364. The van der Waals surface area contributed by atoms with Crippen LogP contribution in [0.1, 0.15) is 58.3 Å². The second-order valence-corrected chi connectivity index (χ2v) is 7.05. The molecule has 1 unspecified atom stereocenters. The van der Waals surface area contributed by atoms with Crippen LogP contribution < -0.4 is 5.73 Å². The van der Waals surface area contributed by atoms with Crippen LogP contribution >= 0.6 is 11.3 Å². The van der Waals surface area contributed by atoms with Crippen LogP contribution in [-0.4, -0.2) is 22.3 Å². The van der Waals surface area contributed by atoms with E-state index in [-0.39, 0.29) is 11.9 Å². The molecule has 1 aliphatic rings. The highest BCUT2D eigenvalue weighted by Crippen LogP contribution is 2.32. The van der Waals surface area contributed by atoms with E-state index in [0.29, 0.717) is 12.2 Å². The summed E-state index contributed by atoms with van der Waals surface area (Å²) in [5, 5.41) is 2.65. The maximum Gasteiger partial charge on any atom is 0.273 e. The van der Waals surface area contributed by atoms with Crippen molar-refractivity contribution in [3.05, 3.63) is 51.5 Å². The number of carbonyl (C=O) groups excluding carboxylic acids is 1. The highest BCUT2D eigenvalue weighted by Gasteiger charge is 2.28. The summed E-state index contributed by atoms with van der Waals surface area (Å²) < 4.78 is 0. The summed E-state index contributed by atoms with van der Waals surface area (Å²) in [7, 11) is 0. The number of aryl methyl sites for hydroxylation is 1. The summed E-state index contributed by atoms with van der Waals surface area (Å²) >= 11 is 1.46. The first-order chi connectivity index (χ1) is 11.2. The number of rotatable bonds is 3. The zero-order valence-electron chi connectivity index (χ0n) is 13.5. The molecule has 4 nitrogen and oxygen atoms in total. The minimum absolute atomic E-state index is 0.0364. The van der Waals surface area contributed by atoms with Crippen molar-refractivity contribution in [1.29, 1.82) is 0 Å². The summed E-state index contributed by atoms with van der Waals surface area (Å²) in [4.78, 5) is 19.4. The van der Waals surface area contributed by atoms with Crippen LogP contribution in [0.5, 0.6) is 0 Å². The van der Waals surface area contributed by atoms with Crippen molar-refractivity contribution < 1.29 is 4.79 Å². The zero-order chi connectivity index (χ0) is 16.2. The Morgan fingerprint density at radius 3 is 3.00 bits per heavy atom. The molecule has 1 aliphatic heterocycles. The minimum atomic E-state index is 0.0364. The molecule has 122 valence electrons. The van der Waals surface area contributed by atoms with Gasteiger partial charge in [-0.15, -0.1) is 11.3 Å². The highest BCUT2D eigenvalue weighted by molar-refractivity contribution is 7.09. The van der Waals surface area contributed by atoms with Gasteiger partial charge in [-0.3, -0.25) is 4.79 Å². The predicted octanol–water partition coefficient (Wildman–Crippen LogP) is 3.67. The Hall–Kier alpha value is -1.72. The van der Waals surface area contributed by atoms with Crippen molar-refractivity contribution >= 4 is 17.2 Å².